The number of fused-ring (bicyclic) bond motifs is 1. The molecule has 0 atom stereocenters. The van der Waals surface area contributed by atoms with Gasteiger partial charge in [0.15, 0.2) is 5.78 Å². The molecule has 0 unspecified atom stereocenters. The fourth-order valence-corrected chi connectivity index (χ4v) is 3.17. The zero-order valence-electron chi connectivity index (χ0n) is 14.5. The van der Waals surface area contributed by atoms with Crippen molar-refractivity contribution in [2.24, 2.45) is 0 Å². The zero-order chi connectivity index (χ0) is 18.4. The Labute approximate surface area is 150 Å². The fourth-order valence-electron chi connectivity index (χ4n) is 3.17. The topological polar surface area (TPSA) is 93.1 Å². The predicted octanol–water partition coefficient (Wildman–Crippen LogP) is 3.84. The van der Waals surface area contributed by atoms with Gasteiger partial charge in [-0.25, -0.2) is 4.98 Å². The summed E-state index contributed by atoms with van der Waals surface area (Å²) in [6.45, 7) is 3.71. The molecule has 0 fully saturated rings. The second-order valence-corrected chi connectivity index (χ2v) is 6.47. The van der Waals surface area contributed by atoms with Crippen LogP contribution in [0.4, 0.5) is 5.69 Å². The number of rotatable bonds is 3. The lowest BCUT2D eigenvalue weighted by Gasteiger charge is -2.18. The lowest BCUT2D eigenvalue weighted by Crippen LogP contribution is -2.26. The molecule has 0 saturated carbocycles. The first kappa shape index (κ1) is 16.1. The normalized spacial score (nSPS) is 14.5. The van der Waals surface area contributed by atoms with Gasteiger partial charge in [0.2, 0.25) is 0 Å². The van der Waals surface area contributed by atoms with E-state index in [0.717, 1.165) is 22.3 Å². The maximum absolute atomic E-state index is 11.4. The lowest BCUT2D eigenvalue weighted by molar-refractivity contribution is 0.101. The zero-order valence-corrected chi connectivity index (χ0v) is 14.5. The summed E-state index contributed by atoms with van der Waals surface area (Å²) in [5.74, 6) is 0.749. The summed E-state index contributed by atoms with van der Waals surface area (Å²) in [6, 6.07) is 12.9. The molecule has 6 nitrogen and oxygen atoms in total. The molecular formula is C20H18N4O2. The molecule has 0 saturated heterocycles. The quantitative estimate of drug-likeness (QED) is 0.628. The van der Waals surface area contributed by atoms with Gasteiger partial charge in [-0.1, -0.05) is 6.07 Å². The van der Waals surface area contributed by atoms with Gasteiger partial charge in [0.05, 0.1) is 23.2 Å². The number of ketones is 1. The third kappa shape index (κ3) is 2.56. The van der Waals surface area contributed by atoms with Crippen LogP contribution in [-0.2, 0) is 0 Å². The van der Waals surface area contributed by atoms with Gasteiger partial charge in [-0.3, -0.25) is 10.2 Å². The highest BCUT2D eigenvalue weighted by Gasteiger charge is 2.31. The molecule has 0 aliphatic carbocycles. The summed E-state index contributed by atoms with van der Waals surface area (Å²) in [5.41, 5.74) is 4.53. The van der Waals surface area contributed by atoms with Crippen LogP contribution in [0.15, 0.2) is 48.2 Å². The molecule has 2 aromatic carbocycles. The van der Waals surface area contributed by atoms with Gasteiger partial charge in [-0.2, -0.15) is 0 Å². The molecule has 6 heteroatoms. The molecule has 0 bridgehead atoms. The minimum atomic E-state index is -0.00715. The molecule has 26 heavy (non-hydrogen) atoms. The number of aryl methyl sites for hydroxylation is 1. The summed E-state index contributed by atoms with van der Waals surface area (Å²) >= 11 is 0. The van der Waals surface area contributed by atoms with Crippen LogP contribution in [0.25, 0.3) is 16.6 Å². The van der Waals surface area contributed by atoms with Crippen LogP contribution in [0.2, 0.25) is 0 Å². The Morgan fingerprint density at radius 1 is 1.23 bits per heavy atom. The van der Waals surface area contributed by atoms with Crippen molar-refractivity contribution >= 4 is 33.9 Å². The Morgan fingerprint density at radius 2 is 1.96 bits per heavy atom. The lowest BCUT2D eigenvalue weighted by atomic mass is 10.1. The number of Topliss-reactive ketones (excluding diaryl/α,β-unsaturated/α-hetero) is 1. The van der Waals surface area contributed by atoms with E-state index in [-0.39, 0.29) is 23.9 Å². The van der Waals surface area contributed by atoms with Crippen molar-refractivity contribution in [3.8, 4) is 0 Å². The molecule has 4 rings (SSSR count). The molecule has 3 N–H and O–H groups in total. The van der Waals surface area contributed by atoms with Gasteiger partial charge in [0.25, 0.3) is 0 Å². The maximum atomic E-state index is 11.4. The molecule has 1 aliphatic rings. The Kier molecular flexibility index (Phi) is 3.61. The van der Waals surface area contributed by atoms with E-state index >= 15 is 0 Å². The van der Waals surface area contributed by atoms with E-state index in [2.05, 4.69) is 9.97 Å². The van der Waals surface area contributed by atoms with Gasteiger partial charge < -0.3 is 15.0 Å². The summed E-state index contributed by atoms with van der Waals surface area (Å²) in [4.78, 5) is 20.8. The highest BCUT2D eigenvalue weighted by Crippen LogP contribution is 2.31. The average molecular weight is 346 g/mol. The maximum Gasteiger partial charge on any atom is 0.159 e. The summed E-state index contributed by atoms with van der Waals surface area (Å²) in [5, 5.41) is 19.0. The van der Waals surface area contributed by atoms with Crippen LogP contribution < -0.4 is 4.90 Å². The molecule has 0 amide bonds. The number of aromatic nitrogens is 2. The molecule has 1 aromatic heterocycles. The summed E-state index contributed by atoms with van der Waals surface area (Å²) in [6.07, 6.45) is 0. The Morgan fingerprint density at radius 3 is 2.65 bits per heavy atom. The van der Waals surface area contributed by atoms with E-state index in [0.29, 0.717) is 17.0 Å². The van der Waals surface area contributed by atoms with E-state index in [1.54, 1.807) is 29.2 Å². The molecule has 0 spiro atoms. The minimum Gasteiger partial charge on any atom is -0.509 e. The molecule has 0 radical (unpaired) electrons. The van der Waals surface area contributed by atoms with E-state index in [4.69, 9.17) is 5.41 Å². The second-order valence-electron chi connectivity index (χ2n) is 6.47. The first-order valence-electron chi connectivity index (χ1n) is 8.30. The smallest absolute Gasteiger partial charge is 0.159 e. The number of aliphatic hydroxyl groups is 1. The fraction of sp³-hybridized carbons (Fsp3) is 0.150. The van der Waals surface area contributed by atoms with Gasteiger partial charge in [-0.15, -0.1) is 0 Å². The molecular weight excluding hydrogens is 328 g/mol. The third-order valence-electron chi connectivity index (χ3n) is 4.56. The monoisotopic (exact) mass is 346 g/mol. The van der Waals surface area contributed by atoms with Gasteiger partial charge in [-0.05, 0) is 55.8 Å². The Hall–Kier alpha value is -3.41. The second kappa shape index (κ2) is 5.84. The number of imidazole rings is 1. The van der Waals surface area contributed by atoms with Crippen molar-refractivity contribution in [3.05, 3.63) is 65.2 Å². The van der Waals surface area contributed by atoms with Gasteiger partial charge in [0, 0.05) is 11.3 Å². The van der Waals surface area contributed by atoms with Crippen molar-refractivity contribution < 1.29 is 9.90 Å². The number of anilines is 1. The Bertz CT molecular complexity index is 1080. The summed E-state index contributed by atoms with van der Waals surface area (Å²) in [7, 11) is 0. The van der Waals surface area contributed by atoms with Crippen molar-refractivity contribution in [2.75, 3.05) is 11.4 Å². The van der Waals surface area contributed by atoms with Crippen LogP contribution >= 0.6 is 0 Å². The number of carbonyl (C=O) groups excluding carboxylic acids is 1. The third-order valence-corrected chi connectivity index (χ3v) is 4.56. The number of nitrogens with zero attached hydrogens (tertiary/aromatic N) is 2. The first-order chi connectivity index (χ1) is 12.4. The number of amidine groups is 1. The van der Waals surface area contributed by atoms with Crippen LogP contribution in [0.3, 0.4) is 0 Å². The van der Waals surface area contributed by atoms with E-state index in [1.807, 2.05) is 25.1 Å². The number of nitrogens with one attached hydrogen (secondary N) is 2. The van der Waals surface area contributed by atoms with E-state index in [9.17, 15) is 9.90 Å². The highest BCUT2D eigenvalue weighted by molar-refractivity contribution is 6.30. The van der Waals surface area contributed by atoms with Crippen LogP contribution in [0, 0.1) is 12.3 Å². The first-order valence-corrected chi connectivity index (χ1v) is 8.30. The summed E-state index contributed by atoms with van der Waals surface area (Å²) < 4.78 is 0. The standard InChI is InChI=1S/C20H18N4O2/c1-11-3-8-15-16(9-11)23-20(22-15)18-17(26)10-24(19(18)21)14-6-4-13(5-7-14)12(2)25/h3-9,21,26H,10H2,1-2H3,(H,22,23). The van der Waals surface area contributed by atoms with Crippen molar-refractivity contribution in [1.82, 2.24) is 9.97 Å². The molecule has 130 valence electrons. The number of hydrogen-bond donors (Lipinski definition) is 3. The van der Waals surface area contributed by atoms with Crippen LogP contribution in [0.1, 0.15) is 28.7 Å². The minimum absolute atomic E-state index is 0.00715. The number of aromatic amines is 1. The number of carbonyl (C=O) groups is 1. The predicted molar refractivity (Wildman–Crippen MR) is 102 cm³/mol. The van der Waals surface area contributed by atoms with Crippen molar-refractivity contribution in [3.63, 3.8) is 0 Å². The highest BCUT2D eigenvalue weighted by atomic mass is 16.3. The largest absolute Gasteiger partial charge is 0.509 e. The van der Waals surface area contributed by atoms with Crippen LogP contribution in [0.5, 0.6) is 0 Å². The molecule has 2 heterocycles. The average Bonchev–Trinajstić information content (AvgIpc) is 3.14. The molecule has 3 aromatic rings. The number of aliphatic hydroxyl groups excluding tert-OH is 1. The van der Waals surface area contributed by atoms with Crippen molar-refractivity contribution in [1.29, 1.82) is 5.41 Å². The molecule has 1 aliphatic heterocycles. The van der Waals surface area contributed by atoms with E-state index < -0.39 is 0 Å². The van der Waals surface area contributed by atoms with Gasteiger partial charge >= 0.3 is 0 Å². The van der Waals surface area contributed by atoms with Crippen LogP contribution in [-0.4, -0.2) is 33.2 Å². The van der Waals surface area contributed by atoms with E-state index in [1.165, 1.54) is 6.92 Å². The number of H-pyrrole nitrogens is 1. The SMILES string of the molecule is CC(=O)c1ccc(N2CC(O)=C(c3nc4ccc(C)cc4[nH]3)C2=N)cc1. The number of benzene rings is 2. The van der Waals surface area contributed by atoms with Crippen molar-refractivity contribution in [2.45, 2.75) is 13.8 Å². The Balaban J connectivity index is 1.68. The number of hydrogen-bond acceptors (Lipinski definition) is 4. The van der Waals surface area contributed by atoms with Gasteiger partial charge in [0.1, 0.15) is 17.4 Å².